The fraction of sp³-hybridized carbons (Fsp3) is 0.333. The molecule has 2 aromatic rings. The number of hydrogen-bond acceptors (Lipinski definition) is 5. The van der Waals surface area contributed by atoms with Crippen LogP contribution in [-0.4, -0.2) is 44.5 Å². The van der Waals surface area contributed by atoms with E-state index < -0.39 is 5.97 Å². The maximum Gasteiger partial charge on any atom is 0.338 e. The normalized spacial score (nSPS) is 10.3. The van der Waals surface area contributed by atoms with Gasteiger partial charge in [0.05, 0.1) is 12.1 Å². The third-order valence-electron chi connectivity index (χ3n) is 3.72. The van der Waals surface area contributed by atoms with Crippen LogP contribution >= 0.6 is 11.3 Å². The second-order valence-electron chi connectivity index (χ2n) is 5.79. The second kappa shape index (κ2) is 7.97. The first-order chi connectivity index (χ1) is 11.4. The molecule has 24 heavy (non-hydrogen) atoms. The highest BCUT2D eigenvalue weighted by atomic mass is 32.1. The first-order valence-electron chi connectivity index (χ1n) is 7.60. The first-order valence-corrected chi connectivity index (χ1v) is 8.48. The van der Waals surface area contributed by atoms with Crippen molar-refractivity contribution in [1.82, 2.24) is 4.90 Å². The van der Waals surface area contributed by atoms with Gasteiger partial charge in [0.15, 0.2) is 6.61 Å². The van der Waals surface area contributed by atoms with Crippen LogP contribution < -0.4 is 4.90 Å². The number of nitrogens with zero attached hydrogens (tertiary/aromatic N) is 2. The van der Waals surface area contributed by atoms with E-state index in [0.717, 1.165) is 16.1 Å². The van der Waals surface area contributed by atoms with Crippen LogP contribution in [0.1, 0.15) is 20.8 Å². The summed E-state index contributed by atoms with van der Waals surface area (Å²) < 4.78 is 5.12. The van der Waals surface area contributed by atoms with Gasteiger partial charge in [-0.25, -0.2) is 4.79 Å². The molecular weight excluding hydrogens is 324 g/mol. The molecule has 0 N–H and O–H groups in total. The Morgan fingerprint density at radius 3 is 2.29 bits per heavy atom. The number of amides is 1. The number of benzene rings is 1. The van der Waals surface area contributed by atoms with Gasteiger partial charge in [0.1, 0.15) is 0 Å². The molecule has 0 saturated carbocycles. The highest BCUT2D eigenvalue weighted by Crippen LogP contribution is 2.17. The maximum absolute atomic E-state index is 12.1. The van der Waals surface area contributed by atoms with Crippen LogP contribution in [0.25, 0.3) is 0 Å². The van der Waals surface area contributed by atoms with E-state index >= 15 is 0 Å². The topological polar surface area (TPSA) is 49.9 Å². The largest absolute Gasteiger partial charge is 0.452 e. The summed E-state index contributed by atoms with van der Waals surface area (Å²) in [4.78, 5) is 28.8. The Labute approximate surface area is 146 Å². The van der Waals surface area contributed by atoms with Crippen LogP contribution in [0, 0.1) is 6.92 Å². The van der Waals surface area contributed by atoms with E-state index in [9.17, 15) is 9.59 Å². The Hall–Kier alpha value is -2.34. The third kappa shape index (κ3) is 4.58. The molecule has 0 atom stereocenters. The number of ether oxygens (including phenoxy) is 1. The fourth-order valence-corrected chi connectivity index (χ4v) is 3.04. The minimum atomic E-state index is -0.491. The molecular formula is C18H22N2O3S. The summed E-state index contributed by atoms with van der Waals surface area (Å²) >= 11 is 1.61. The Bertz CT molecular complexity index is 707. The predicted molar refractivity (Wildman–Crippen MR) is 96.6 cm³/mol. The van der Waals surface area contributed by atoms with Gasteiger partial charge in [0.2, 0.25) is 0 Å². The zero-order chi connectivity index (χ0) is 17.7. The van der Waals surface area contributed by atoms with Crippen molar-refractivity contribution < 1.29 is 14.3 Å². The zero-order valence-electron chi connectivity index (χ0n) is 14.4. The molecule has 0 aliphatic rings. The molecule has 0 aliphatic heterocycles. The lowest BCUT2D eigenvalue weighted by Crippen LogP contribution is -2.30. The van der Waals surface area contributed by atoms with E-state index in [1.165, 1.54) is 0 Å². The summed E-state index contributed by atoms with van der Waals surface area (Å²) in [6.07, 6.45) is 0. The van der Waals surface area contributed by atoms with Gasteiger partial charge < -0.3 is 14.5 Å². The third-order valence-corrected chi connectivity index (χ3v) is 4.73. The SMILES string of the molecule is Cc1ccsc1CN(C)C(=O)COC(=O)c1ccc(N(C)C)cc1. The molecule has 0 spiro atoms. The van der Waals surface area contributed by atoms with Crippen molar-refractivity contribution in [2.75, 3.05) is 32.6 Å². The van der Waals surface area contributed by atoms with Crippen molar-refractivity contribution in [3.8, 4) is 0 Å². The minimum absolute atomic E-state index is 0.221. The number of thiophene rings is 1. The van der Waals surface area contributed by atoms with E-state index in [4.69, 9.17) is 4.74 Å². The Morgan fingerprint density at radius 1 is 1.08 bits per heavy atom. The molecule has 5 nitrogen and oxygen atoms in total. The maximum atomic E-state index is 12.1. The average Bonchev–Trinajstić information content (AvgIpc) is 2.97. The van der Waals surface area contributed by atoms with Crippen molar-refractivity contribution in [2.45, 2.75) is 13.5 Å². The molecule has 128 valence electrons. The summed E-state index contributed by atoms with van der Waals surface area (Å²) in [5.74, 6) is -0.713. The quantitative estimate of drug-likeness (QED) is 0.755. The standard InChI is InChI=1S/C18H22N2O3S/c1-13-9-10-24-16(13)11-20(4)17(21)12-23-18(22)14-5-7-15(8-6-14)19(2)3/h5-10H,11-12H2,1-4H3. The van der Waals surface area contributed by atoms with Crippen molar-refractivity contribution >= 4 is 28.9 Å². The molecule has 1 aromatic heterocycles. The van der Waals surface area contributed by atoms with Gasteiger partial charge in [-0.05, 0) is 48.2 Å². The van der Waals surface area contributed by atoms with Crippen molar-refractivity contribution in [1.29, 1.82) is 0 Å². The lowest BCUT2D eigenvalue weighted by molar-refractivity contribution is -0.133. The van der Waals surface area contributed by atoms with Crippen LogP contribution in [0.5, 0.6) is 0 Å². The molecule has 0 aliphatic carbocycles. The van der Waals surface area contributed by atoms with Crippen LogP contribution in [0.2, 0.25) is 0 Å². The highest BCUT2D eigenvalue weighted by Gasteiger charge is 2.15. The number of carbonyl (C=O) groups is 2. The van der Waals surface area contributed by atoms with Gasteiger partial charge in [-0.2, -0.15) is 0 Å². The summed E-state index contributed by atoms with van der Waals surface area (Å²) in [6, 6.07) is 9.09. The Kier molecular flexibility index (Phi) is 5.98. The van der Waals surface area contributed by atoms with Gasteiger partial charge >= 0.3 is 5.97 Å². The van der Waals surface area contributed by atoms with Gasteiger partial charge in [-0.15, -0.1) is 11.3 Å². The summed E-state index contributed by atoms with van der Waals surface area (Å²) in [5.41, 5.74) is 2.59. The smallest absolute Gasteiger partial charge is 0.338 e. The number of likely N-dealkylation sites (N-methyl/N-ethyl adjacent to an activating group) is 1. The predicted octanol–water partition coefficient (Wildman–Crippen LogP) is 2.94. The van der Waals surface area contributed by atoms with Crippen LogP contribution in [-0.2, 0) is 16.1 Å². The molecule has 0 radical (unpaired) electrons. The van der Waals surface area contributed by atoms with Crippen LogP contribution in [0.15, 0.2) is 35.7 Å². The van der Waals surface area contributed by atoms with E-state index in [1.807, 2.05) is 49.5 Å². The monoisotopic (exact) mass is 346 g/mol. The molecule has 1 amide bonds. The van der Waals surface area contributed by atoms with E-state index in [2.05, 4.69) is 0 Å². The highest BCUT2D eigenvalue weighted by molar-refractivity contribution is 7.10. The molecule has 2 rings (SSSR count). The van der Waals surface area contributed by atoms with Gasteiger partial charge in [0.25, 0.3) is 5.91 Å². The first kappa shape index (κ1) is 18.0. The second-order valence-corrected chi connectivity index (χ2v) is 6.79. The number of aryl methyl sites for hydroxylation is 1. The van der Waals surface area contributed by atoms with E-state index in [0.29, 0.717) is 12.1 Å². The summed E-state index contributed by atoms with van der Waals surface area (Å²) in [5, 5.41) is 2.00. The lowest BCUT2D eigenvalue weighted by atomic mass is 10.2. The fourth-order valence-electron chi connectivity index (χ4n) is 2.09. The number of rotatable bonds is 6. The van der Waals surface area contributed by atoms with E-state index in [1.54, 1.807) is 35.4 Å². The van der Waals surface area contributed by atoms with Gasteiger partial charge in [-0.3, -0.25) is 4.79 Å². The molecule has 1 heterocycles. The molecule has 6 heteroatoms. The molecule has 0 fully saturated rings. The summed E-state index contributed by atoms with van der Waals surface area (Å²) in [7, 11) is 5.56. The van der Waals surface area contributed by atoms with Crippen molar-refractivity contribution in [3.05, 3.63) is 51.7 Å². The Balaban J connectivity index is 1.86. The number of carbonyl (C=O) groups excluding carboxylic acids is 2. The molecule has 0 bridgehead atoms. The molecule has 0 unspecified atom stereocenters. The Morgan fingerprint density at radius 2 is 1.75 bits per heavy atom. The minimum Gasteiger partial charge on any atom is -0.452 e. The summed E-state index contributed by atoms with van der Waals surface area (Å²) in [6.45, 7) is 2.29. The van der Waals surface area contributed by atoms with Crippen molar-refractivity contribution in [3.63, 3.8) is 0 Å². The zero-order valence-corrected chi connectivity index (χ0v) is 15.2. The lowest BCUT2D eigenvalue weighted by Gasteiger charge is -2.17. The van der Waals surface area contributed by atoms with Gasteiger partial charge in [-0.1, -0.05) is 0 Å². The molecule has 1 aromatic carbocycles. The number of esters is 1. The van der Waals surface area contributed by atoms with Crippen LogP contribution in [0.4, 0.5) is 5.69 Å². The van der Waals surface area contributed by atoms with E-state index in [-0.39, 0.29) is 12.5 Å². The number of hydrogen-bond donors (Lipinski definition) is 0. The molecule has 0 saturated heterocycles. The average molecular weight is 346 g/mol. The van der Waals surface area contributed by atoms with Crippen LogP contribution in [0.3, 0.4) is 0 Å². The van der Waals surface area contributed by atoms with Gasteiger partial charge in [0, 0.05) is 31.7 Å². The van der Waals surface area contributed by atoms with Crippen molar-refractivity contribution in [2.24, 2.45) is 0 Å². The number of anilines is 1.